The number of aliphatic hydroxyl groups is 1. The van der Waals surface area contributed by atoms with Crippen LogP contribution in [0.5, 0.6) is 5.75 Å². The standard InChI is InChI=1S/C24H26N2O4/c1-2-12-26-16-20-7-4-3-6-19(20)15-24(23(26)28)17-30-22(25-24)18-8-10-21(11-9-18)29-14-5-13-27/h2-4,6-11,27H,1,5,12-17H2/t24-/m0/s1. The smallest absolute Gasteiger partial charge is 0.255 e. The largest absolute Gasteiger partial charge is 0.494 e. The van der Waals surface area contributed by atoms with E-state index in [1.807, 2.05) is 36.4 Å². The number of ether oxygens (including phenoxy) is 2. The van der Waals surface area contributed by atoms with Crippen molar-refractivity contribution < 1.29 is 19.4 Å². The van der Waals surface area contributed by atoms with Crippen molar-refractivity contribution >= 4 is 11.8 Å². The van der Waals surface area contributed by atoms with Crippen LogP contribution in [-0.4, -0.2) is 53.7 Å². The van der Waals surface area contributed by atoms with E-state index in [4.69, 9.17) is 19.6 Å². The topological polar surface area (TPSA) is 71.4 Å². The molecule has 2 aromatic carbocycles. The van der Waals surface area contributed by atoms with Gasteiger partial charge in [0.05, 0.1) is 6.61 Å². The number of carbonyl (C=O) groups excluding carboxylic acids is 1. The van der Waals surface area contributed by atoms with Crippen LogP contribution in [0.15, 0.2) is 66.2 Å². The molecule has 0 saturated carbocycles. The summed E-state index contributed by atoms with van der Waals surface area (Å²) in [6.45, 7) is 5.61. The van der Waals surface area contributed by atoms with Gasteiger partial charge in [-0.25, -0.2) is 4.99 Å². The number of hydrogen-bond acceptors (Lipinski definition) is 5. The van der Waals surface area contributed by atoms with Crippen molar-refractivity contribution in [2.24, 2.45) is 4.99 Å². The molecule has 0 fully saturated rings. The van der Waals surface area contributed by atoms with E-state index in [1.165, 1.54) is 0 Å². The Labute approximate surface area is 176 Å². The summed E-state index contributed by atoms with van der Waals surface area (Å²) in [6, 6.07) is 15.6. The highest BCUT2D eigenvalue weighted by molar-refractivity contribution is 6.00. The summed E-state index contributed by atoms with van der Waals surface area (Å²) in [7, 11) is 0. The van der Waals surface area contributed by atoms with E-state index in [1.54, 1.807) is 11.0 Å². The number of aliphatic hydroxyl groups excluding tert-OH is 1. The highest BCUT2D eigenvalue weighted by atomic mass is 16.5. The van der Waals surface area contributed by atoms with Crippen LogP contribution in [0.4, 0.5) is 0 Å². The maximum atomic E-state index is 13.5. The second-order valence-corrected chi connectivity index (χ2v) is 7.61. The molecule has 6 nitrogen and oxygen atoms in total. The van der Waals surface area contributed by atoms with Gasteiger partial charge < -0.3 is 19.5 Å². The molecule has 4 rings (SSSR count). The second-order valence-electron chi connectivity index (χ2n) is 7.61. The Bertz CT molecular complexity index is 954. The molecule has 6 heteroatoms. The average molecular weight is 406 g/mol. The summed E-state index contributed by atoms with van der Waals surface area (Å²) in [5.74, 6) is 1.16. The minimum Gasteiger partial charge on any atom is -0.494 e. The first-order valence-electron chi connectivity index (χ1n) is 10.2. The predicted octanol–water partition coefficient (Wildman–Crippen LogP) is 2.73. The van der Waals surface area contributed by atoms with E-state index < -0.39 is 5.54 Å². The number of benzene rings is 2. The molecule has 0 aromatic heterocycles. The van der Waals surface area contributed by atoms with Gasteiger partial charge in [0.25, 0.3) is 5.91 Å². The first-order chi connectivity index (χ1) is 14.6. The first kappa shape index (κ1) is 20.2. The summed E-state index contributed by atoms with van der Waals surface area (Å²) >= 11 is 0. The fourth-order valence-corrected chi connectivity index (χ4v) is 3.89. The molecule has 1 atom stereocenters. The zero-order chi connectivity index (χ0) is 21.0. The molecule has 30 heavy (non-hydrogen) atoms. The molecule has 0 saturated heterocycles. The first-order valence-corrected chi connectivity index (χ1v) is 10.2. The van der Waals surface area contributed by atoms with Crippen molar-refractivity contribution in [3.63, 3.8) is 0 Å². The van der Waals surface area contributed by atoms with Gasteiger partial charge in [-0.15, -0.1) is 6.58 Å². The van der Waals surface area contributed by atoms with E-state index in [0.29, 0.717) is 38.4 Å². The molecule has 2 aliphatic rings. The van der Waals surface area contributed by atoms with Crippen molar-refractivity contribution in [1.82, 2.24) is 4.90 Å². The van der Waals surface area contributed by atoms with Gasteiger partial charge in [-0.1, -0.05) is 30.3 Å². The number of rotatable bonds is 7. The zero-order valence-electron chi connectivity index (χ0n) is 16.9. The molecule has 1 N–H and O–H groups in total. The van der Waals surface area contributed by atoms with Crippen molar-refractivity contribution in [3.05, 3.63) is 77.9 Å². The summed E-state index contributed by atoms with van der Waals surface area (Å²) in [5.41, 5.74) is 2.11. The minimum absolute atomic E-state index is 0.0300. The maximum Gasteiger partial charge on any atom is 0.255 e. The lowest BCUT2D eigenvalue weighted by atomic mass is 9.91. The lowest BCUT2D eigenvalue weighted by molar-refractivity contribution is -0.137. The van der Waals surface area contributed by atoms with Gasteiger partial charge in [0.1, 0.15) is 12.4 Å². The van der Waals surface area contributed by atoms with Gasteiger partial charge >= 0.3 is 0 Å². The van der Waals surface area contributed by atoms with E-state index >= 15 is 0 Å². The Hall–Kier alpha value is -3.12. The molecular formula is C24H26N2O4. The quantitative estimate of drug-likeness (QED) is 0.567. The van der Waals surface area contributed by atoms with Gasteiger partial charge in [-0.2, -0.15) is 0 Å². The van der Waals surface area contributed by atoms with Gasteiger partial charge in [0.2, 0.25) is 5.90 Å². The molecule has 0 radical (unpaired) electrons. The number of aliphatic imine (C=N–C) groups is 1. The van der Waals surface area contributed by atoms with Crippen molar-refractivity contribution in [3.8, 4) is 5.75 Å². The van der Waals surface area contributed by atoms with E-state index in [2.05, 4.69) is 18.7 Å². The third kappa shape index (κ3) is 3.96. The van der Waals surface area contributed by atoms with Crippen LogP contribution in [0.1, 0.15) is 23.1 Å². The number of fused-ring (bicyclic) bond motifs is 1. The molecule has 2 heterocycles. The minimum atomic E-state index is -0.957. The van der Waals surface area contributed by atoms with E-state index in [9.17, 15) is 4.79 Å². The summed E-state index contributed by atoms with van der Waals surface area (Å²) in [6.07, 6.45) is 2.85. The van der Waals surface area contributed by atoms with Crippen LogP contribution in [-0.2, 0) is 22.5 Å². The summed E-state index contributed by atoms with van der Waals surface area (Å²) in [5, 5.41) is 8.86. The van der Waals surface area contributed by atoms with Crippen LogP contribution in [0.2, 0.25) is 0 Å². The molecule has 156 valence electrons. The van der Waals surface area contributed by atoms with E-state index in [-0.39, 0.29) is 19.1 Å². The van der Waals surface area contributed by atoms with Crippen LogP contribution in [0.3, 0.4) is 0 Å². The van der Waals surface area contributed by atoms with Crippen LogP contribution in [0.25, 0.3) is 0 Å². The Morgan fingerprint density at radius 3 is 2.70 bits per heavy atom. The molecule has 2 aliphatic heterocycles. The fourth-order valence-electron chi connectivity index (χ4n) is 3.89. The lowest BCUT2D eigenvalue weighted by Gasteiger charge is -2.27. The van der Waals surface area contributed by atoms with Gasteiger partial charge in [-0.3, -0.25) is 4.79 Å². The van der Waals surface area contributed by atoms with Crippen LogP contribution in [0, 0.1) is 0 Å². The summed E-state index contributed by atoms with van der Waals surface area (Å²) < 4.78 is 11.5. The molecule has 2 aromatic rings. The third-order valence-corrected chi connectivity index (χ3v) is 5.43. The summed E-state index contributed by atoms with van der Waals surface area (Å²) in [4.78, 5) is 20.1. The van der Waals surface area contributed by atoms with E-state index in [0.717, 1.165) is 22.4 Å². The monoisotopic (exact) mass is 406 g/mol. The zero-order valence-corrected chi connectivity index (χ0v) is 16.9. The molecular weight excluding hydrogens is 380 g/mol. The average Bonchev–Trinajstić information content (AvgIpc) is 3.15. The number of amides is 1. The molecule has 0 aliphatic carbocycles. The SMILES string of the molecule is C=CCN1Cc2ccccc2C[C@]2(COC(c3ccc(OCCCO)cc3)=N2)C1=O. The number of nitrogens with zero attached hydrogens (tertiary/aromatic N) is 2. The Morgan fingerprint density at radius 2 is 1.97 bits per heavy atom. The Morgan fingerprint density at radius 1 is 1.20 bits per heavy atom. The van der Waals surface area contributed by atoms with Crippen molar-refractivity contribution in [2.75, 3.05) is 26.4 Å². The van der Waals surface area contributed by atoms with Crippen LogP contribution < -0.4 is 4.74 Å². The van der Waals surface area contributed by atoms with Gasteiger partial charge in [0, 0.05) is 38.1 Å². The maximum absolute atomic E-state index is 13.5. The highest BCUT2D eigenvalue weighted by Gasteiger charge is 2.48. The molecule has 1 amide bonds. The van der Waals surface area contributed by atoms with Crippen molar-refractivity contribution in [1.29, 1.82) is 0 Å². The number of carbonyl (C=O) groups is 1. The molecule has 0 unspecified atom stereocenters. The lowest BCUT2D eigenvalue weighted by Crippen LogP contribution is -2.48. The van der Waals surface area contributed by atoms with Gasteiger partial charge in [-0.05, 0) is 35.4 Å². The van der Waals surface area contributed by atoms with Crippen molar-refractivity contribution in [2.45, 2.75) is 24.9 Å². The Balaban J connectivity index is 1.62. The third-order valence-electron chi connectivity index (χ3n) is 5.43. The van der Waals surface area contributed by atoms with Gasteiger partial charge in [0.15, 0.2) is 5.54 Å². The fraction of sp³-hybridized carbons (Fsp3) is 0.333. The Kier molecular flexibility index (Phi) is 5.86. The molecule has 0 bridgehead atoms. The second kappa shape index (κ2) is 8.71. The van der Waals surface area contributed by atoms with Crippen LogP contribution >= 0.6 is 0 Å². The normalized spacial score (nSPS) is 20.4. The predicted molar refractivity (Wildman–Crippen MR) is 115 cm³/mol. The number of hydrogen-bond donors (Lipinski definition) is 1. The highest BCUT2D eigenvalue weighted by Crippen LogP contribution is 2.33. The molecule has 1 spiro atoms.